The van der Waals surface area contributed by atoms with E-state index in [2.05, 4.69) is 9.72 Å². The van der Waals surface area contributed by atoms with Crippen molar-refractivity contribution < 1.29 is 22.6 Å². The summed E-state index contributed by atoms with van der Waals surface area (Å²) >= 11 is 5.55. The Morgan fingerprint density at radius 3 is 2.44 bits per heavy atom. The lowest BCUT2D eigenvalue weighted by molar-refractivity contribution is -0.275. The lowest BCUT2D eigenvalue weighted by Crippen LogP contribution is -2.19. The third kappa shape index (κ3) is 2.91. The summed E-state index contributed by atoms with van der Waals surface area (Å²) in [4.78, 5) is 3.75. The van der Waals surface area contributed by atoms with Crippen LogP contribution in [0.1, 0.15) is 11.3 Å². The summed E-state index contributed by atoms with van der Waals surface area (Å²) in [5.74, 6) is -0.502. The van der Waals surface area contributed by atoms with Gasteiger partial charge in [-0.1, -0.05) is 0 Å². The van der Waals surface area contributed by atoms with Crippen LogP contribution in [0, 0.1) is 6.92 Å². The van der Waals surface area contributed by atoms with Gasteiger partial charge in [0.2, 0.25) is 0 Å². The molecule has 0 saturated carbocycles. The maximum atomic E-state index is 12.1. The first kappa shape index (κ1) is 12.9. The van der Waals surface area contributed by atoms with E-state index in [9.17, 15) is 13.2 Å². The Morgan fingerprint density at radius 1 is 1.38 bits per heavy atom. The number of rotatable bonds is 3. The number of alkyl halides is 4. The quantitative estimate of drug-likeness (QED) is 0.778. The number of hydrogen-bond donors (Lipinski definition) is 0. The second-order valence-electron chi connectivity index (χ2n) is 2.91. The van der Waals surface area contributed by atoms with E-state index in [0.717, 1.165) is 0 Å². The molecule has 0 atom stereocenters. The Morgan fingerprint density at radius 2 is 2.00 bits per heavy atom. The lowest BCUT2D eigenvalue weighted by atomic mass is 10.2. The molecule has 0 aromatic carbocycles. The van der Waals surface area contributed by atoms with Crippen molar-refractivity contribution in [2.75, 3.05) is 7.11 Å². The summed E-state index contributed by atoms with van der Waals surface area (Å²) in [6.45, 7) is 1.39. The van der Waals surface area contributed by atoms with E-state index in [4.69, 9.17) is 16.3 Å². The number of aryl methyl sites for hydroxylation is 1. The van der Waals surface area contributed by atoms with Crippen molar-refractivity contribution in [2.45, 2.75) is 19.2 Å². The highest BCUT2D eigenvalue weighted by Crippen LogP contribution is 2.37. The van der Waals surface area contributed by atoms with Gasteiger partial charge in [0.25, 0.3) is 0 Å². The maximum Gasteiger partial charge on any atom is 0.573 e. The topological polar surface area (TPSA) is 31.4 Å². The predicted molar refractivity (Wildman–Crippen MR) is 51.8 cm³/mol. The van der Waals surface area contributed by atoms with Gasteiger partial charge in [0.1, 0.15) is 0 Å². The minimum atomic E-state index is -4.79. The van der Waals surface area contributed by atoms with Crippen LogP contribution in [-0.4, -0.2) is 18.5 Å². The minimum Gasteiger partial charge on any atom is -0.492 e. The minimum absolute atomic E-state index is 0.00926. The first-order valence-electron chi connectivity index (χ1n) is 4.23. The highest BCUT2D eigenvalue weighted by Gasteiger charge is 2.34. The van der Waals surface area contributed by atoms with Crippen molar-refractivity contribution in [3.05, 3.63) is 17.5 Å². The smallest absolute Gasteiger partial charge is 0.492 e. The van der Waals surface area contributed by atoms with E-state index < -0.39 is 12.1 Å². The molecule has 1 rings (SSSR count). The molecular weight excluding hydrogens is 247 g/mol. The molecule has 16 heavy (non-hydrogen) atoms. The summed E-state index contributed by atoms with van der Waals surface area (Å²) in [6, 6.07) is 0. The van der Waals surface area contributed by atoms with E-state index in [1.165, 1.54) is 20.2 Å². The first-order valence-corrected chi connectivity index (χ1v) is 4.76. The van der Waals surface area contributed by atoms with Crippen molar-refractivity contribution in [3.8, 4) is 11.5 Å². The molecule has 0 fully saturated rings. The fourth-order valence-electron chi connectivity index (χ4n) is 1.16. The first-order chi connectivity index (χ1) is 7.39. The largest absolute Gasteiger partial charge is 0.573 e. The number of nitrogens with zero attached hydrogens (tertiary/aromatic N) is 1. The van der Waals surface area contributed by atoms with Crippen molar-refractivity contribution in [1.29, 1.82) is 0 Å². The van der Waals surface area contributed by atoms with Crippen LogP contribution in [0.15, 0.2) is 6.20 Å². The van der Waals surface area contributed by atoms with Crippen molar-refractivity contribution in [1.82, 2.24) is 4.98 Å². The monoisotopic (exact) mass is 255 g/mol. The molecule has 3 nitrogen and oxygen atoms in total. The molecule has 0 spiro atoms. The molecule has 7 heteroatoms. The zero-order valence-electron chi connectivity index (χ0n) is 8.56. The van der Waals surface area contributed by atoms with E-state index in [0.29, 0.717) is 5.56 Å². The molecule has 0 N–H and O–H groups in total. The lowest BCUT2D eigenvalue weighted by Gasteiger charge is -2.16. The van der Waals surface area contributed by atoms with Crippen LogP contribution in [0.5, 0.6) is 11.5 Å². The van der Waals surface area contributed by atoms with Crippen LogP contribution in [0.3, 0.4) is 0 Å². The Labute approximate surface area is 95.1 Å². The summed E-state index contributed by atoms with van der Waals surface area (Å²) in [6.07, 6.45) is -3.44. The van der Waals surface area contributed by atoms with Crippen molar-refractivity contribution in [2.24, 2.45) is 0 Å². The molecule has 0 unspecified atom stereocenters. The molecule has 0 aliphatic carbocycles. The molecule has 0 aliphatic rings. The van der Waals surface area contributed by atoms with Crippen LogP contribution in [0.4, 0.5) is 13.2 Å². The number of aromatic nitrogens is 1. The van der Waals surface area contributed by atoms with Gasteiger partial charge in [-0.15, -0.1) is 24.8 Å². The Hall–Kier alpha value is -1.17. The van der Waals surface area contributed by atoms with Crippen LogP contribution in [0.25, 0.3) is 0 Å². The standard InChI is InChI=1S/C9H9ClF3NO2/c1-5-7(16-9(11,12)13)8(15-2)6(3-10)4-14-5/h4H,3H2,1-2H3. The summed E-state index contributed by atoms with van der Waals surface area (Å²) in [5.41, 5.74) is 0.428. The van der Waals surface area contributed by atoms with Crippen LogP contribution in [0.2, 0.25) is 0 Å². The van der Waals surface area contributed by atoms with E-state index in [1.54, 1.807) is 0 Å². The van der Waals surface area contributed by atoms with E-state index in [1.807, 2.05) is 0 Å². The number of pyridine rings is 1. The second kappa shape index (κ2) is 4.78. The van der Waals surface area contributed by atoms with Crippen LogP contribution in [-0.2, 0) is 5.88 Å². The summed E-state index contributed by atoms with van der Waals surface area (Å²) < 4.78 is 45.1. The van der Waals surface area contributed by atoms with Gasteiger partial charge in [0.15, 0.2) is 11.5 Å². The second-order valence-corrected chi connectivity index (χ2v) is 3.18. The third-order valence-corrected chi connectivity index (χ3v) is 2.09. The van der Waals surface area contributed by atoms with Gasteiger partial charge in [-0.25, -0.2) is 0 Å². The van der Waals surface area contributed by atoms with Gasteiger partial charge in [0.05, 0.1) is 18.7 Å². The van der Waals surface area contributed by atoms with Crippen molar-refractivity contribution >= 4 is 11.6 Å². The molecule has 0 aliphatic heterocycles. The fraction of sp³-hybridized carbons (Fsp3) is 0.444. The average Bonchev–Trinajstić information content (AvgIpc) is 2.19. The Bertz CT molecular complexity index is 382. The zero-order valence-corrected chi connectivity index (χ0v) is 9.32. The molecule has 1 heterocycles. The van der Waals surface area contributed by atoms with E-state index in [-0.39, 0.29) is 17.3 Å². The van der Waals surface area contributed by atoms with Gasteiger partial charge in [-0.3, -0.25) is 4.98 Å². The highest BCUT2D eigenvalue weighted by atomic mass is 35.5. The molecule has 1 aromatic rings. The average molecular weight is 256 g/mol. The van der Waals surface area contributed by atoms with Crippen LogP contribution < -0.4 is 9.47 Å². The Balaban J connectivity index is 3.23. The molecular formula is C9H9ClF3NO2. The molecule has 0 radical (unpaired) electrons. The fourth-order valence-corrected chi connectivity index (χ4v) is 1.35. The molecule has 0 saturated heterocycles. The van der Waals surface area contributed by atoms with Gasteiger partial charge in [0, 0.05) is 11.8 Å². The number of methoxy groups -OCH3 is 1. The normalized spacial score (nSPS) is 11.4. The summed E-state index contributed by atoms with van der Waals surface area (Å²) in [7, 11) is 1.24. The molecule has 1 aromatic heterocycles. The molecule has 90 valence electrons. The van der Waals surface area contributed by atoms with E-state index >= 15 is 0 Å². The molecule has 0 bridgehead atoms. The van der Waals surface area contributed by atoms with Gasteiger partial charge < -0.3 is 9.47 Å². The van der Waals surface area contributed by atoms with Gasteiger partial charge in [-0.05, 0) is 6.92 Å². The maximum absolute atomic E-state index is 12.1. The summed E-state index contributed by atoms with van der Waals surface area (Å²) in [5, 5.41) is 0. The SMILES string of the molecule is COc1c(CCl)cnc(C)c1OC(F)(F)F. The number of ether oxygens (including phenoxy) is 2. The molecule has 0 amide bonds. The Kier molecular flexibility index (Phi) is 3.85. The van der Waals surface area contributed by atoms with Crippen LogP contribution >= 0.6 is 11.6 Å². The predicted octanol–water partition coefficient (Wildman–Crippen LogP) is 3.04. The third-order valence-electron chi connectivity index (χ3n) is 1.81. The zero-order chi connectivity index (χ0) is 12.3. The highest BCUT2D eigenvalue weighted by molar-refractivity contribution is 6.17. The number of halogens is 4. The van der Waals surface area contributed by atoms with Gasteiger partial charge in [-0.2, -0.15) is 0 Å². The number of hydrogen-bond acceptors (Lipinski definition) is 3. The van der Waals surface area contributed by atoms with Crippen molar-refractivity contribution in [3.63, 3.8) is 0 Å². The van der Waals surface area contributed by atoms with Gasteiger partial charge >= 0.3 is 6.36 Å².